The number of imidazole rings is 1. The Balaban J connectivity index is 1.89. The Kier molecular flexibility index (Phi) is 5.47. The van der Waals surface area contributed by atoms with Gasteiger partial charge in [0.15, 0.2) is 11.5 Å². The highest BCUT2D eigenvalue weighted by atomic mass is 35.5. The van der Waals surface area contributed by atoms with E-state index in [2.05, 4.69) is 4.98 Å². The third-order valence-corrected chi connectivity index (χ3v) is 5.12. The summed E-state index contributed by atoms with van der Waals surface area (Å²) in [4.78, 5) is 8.33. The van der Waals surface area contributed by atoms with Gasteiger partial charge >= 0.3 is 0 Å². The van der Waals surface area contributed by atoms with Crippen molar-refractivity contribution in [3.8, 4) is 45.4 Å². The van der Waals surface area contributed by atoms with Crippen molar-refractivity contribution < 1.29 is 9.47 Å². The summed E-state index contributed by atoms with van der Waals surface area (Å²) >= 11 is 12.1. The molecule has 4 nitrogen and oxygen atoms in total. The van der Waals surface area contributed by atoms with E-state index in [1.54, 1.807) is 14.2 Å². The molecular formula is C23H18Cl2N2O2. The van der Waals surface area contributed by atoms with Gasteiger partial charge in [-0.1, -0.05) is 35.3 Å². The van der Waals surface area contributed by atoms with Gasteiger partial charge in [0.05, 0.1) is 25.6 Å². The molecule has 0 amide bonds. The number of hydrogen-bond acceptors (Lipinski definition) is 3. The molecule has 1 aromatic heterocycles. The average Bonchev–Trinajstić information content (AvgIpc) is 3.19. The van der Waals surface area contributed by atoms with E-state index in [1.807, 2.05) is 66.7 Å². The monoisotopic (exact) mass is 424 g/mol. The Morgan fingerprint density at radius 2 is 1.24 bits per heavy atom. The molecule has 0 aliphatic heterocycles. The normalized spacial score (nSPS) is 10.8. The van der Waals surface area contributed by atoms with E-state index in [0.717, 1.165) is 33.9 Å². The van der Waals surface area contributed by atoms with Crippen LogP contribution >= 0.6 is 23.2 Å². The van der Waals surface area contributed by atoms with Crippen molar-refractivity contribution in [2.75, 3.05) is 14.2 Å². The number of aromatic amines is 1. The predicted octanol–water partition coefficient (Wildman–Crippen LogP) is 6.73. The van der Waals surface area contributed by atoms with Crippen LogP contribution in [0.15, 0.2) is 66.7 Å². The fourth-order valence-corrected chi connectivity index (χ4v) is 3.39. The number of aromatic nitrogens is 2. The van der Waals surface area contributed by atoms with Gasteiger partial charge < -0.3 is 14.5 Å². The van der Waals surface area contributed by atoms with Gasteiger partial charge in [0, 0.05) is 26.7 Å². The zero-order valence-corrected chi connectivity index (χ0v) is 17.4. The summed E-state index contributed by atoms with van der Waals surface area (Å²) in [5.41, 5.74) is 4.52. The van der Waals surface area contributed by atoms with E-state index in [0.29, 0.717) is 21.5 Å². The minimum atomic E-state index is 0.642. The number of halogens is 2. The van der Waals surface area contributed by atoms with Crippen molar-refractivity contribution >= 4 is 23.2 Å². The van der Waals surface area contributed by atoms with Crippen molar-refractivity contribution in [3.63, 3.8) is 0 Å². The Bertz CT molecular complexity index is 1140. The summed E-state index contributed by atoms with van der Waals surface area (Å²) in [6.45, 7) is 0. The Morgan fingerprint density at radius 1 is 0.690 bits per heavy atom. The van der Waals surface area contributed by atoms with Crippen molar-refractivity contribution in [1.82, 2.24) is 9.97 Å². The molecule has 0 unspecified atom stereocenters. The zero-order valence-electron chi connectivity index (χ0n) is 15.9. The molecular weight excluding hydrogens is 407 g/mol. The van der Waals surface area contributed by atoms with Crippen molar-refractivity contribution in [3.05, 3.63) is 76.8 Å². The Hall–Kier alpha value is -2.95. The molecule has 0 saturated carbocycles. The molecule has 0 aliphatic carbocycles. The van der Waals surface area contributed by atoms with Crippen molar-refractivity contribution in [2.45, 2.75) is 0 Å². The van der Waals surface area contributed by atoms with Crippen LogP contribution in [-0.4, -0.2) is 24.2 Å². The lowest BCUT2D eigenvalue weighted by Crippen LogP contribution is -1.91. The molecule has 0 aliphatic rings. The highest BCUT2D eigenvalue weighted by molar-refractivity contribution is 6.30. The first-order valence-electron chi connectivity index (χ1n) is 8.93. The summed E-state index contributed by atoms with van der Waals surface area (Å²) in [5, 5.41) is 1.36. The molecule has 0 spiro atoms. The highest BCUT2D eigenvalue weighted by Gasteiger charge is 2.17. The number of rotatable bonds is 5. The molecule has 0 bridgehead atoms. The first-order chi connectivity index (χ1) is 14.1. The molecule has 4 aromatic rings. The molecule has 29 heavy (non-hydrogen) atoms. The average molecular weight is 425 g/mol. The number of nitrogens with one attached hydrogen (secondary N) is 1. The lowest BCUT2D eigenvalue weighted by Gasteiger charge is -2.09. The summed E-state index contributed by atoms with van der Waals surface area (Å²) in [5.74, 6) is 2.05. The number of methoxy groups -OCH3 is 2. The smallest absolute Gasteiger partial charge is 0.161 e. The molecule has 1 heterocycles. The van der Waals surface area contributed by atoms with E-state index >= 15 is 0 Å². The predicted molar refractivity (Wildman–Crippen MR) is 118 cm³/mol. The van der Waals surface area contributed by atoms with E-state index in [1.165, 1.54) is 0 Å². The van der Waals surface area contributed by atoms with E-state index in [9.17, 15) is 0 Å². The minimum Gasteiger partial charge on any atom is -0.493 e. The second-order valence-electron chi connectivity index (χ2n) is 6.39. The summed E-state index contributed by atoms with van der Waals surface area (Å²) in [6, 6.07) is 21.0. The lowest BCUT2D eigenvalue weighted by atomic mass is 10.0. The Labute approximate surface area is 179 Å². The van der Waals surface area contributed by atoms with Crippen LogP contribution in [0.5, 0.6) is 11.5 Å². The number of benzene rings is 3. The number of nitrogens with zero attached hydrogens (tertiary/aromatic N) is 1. The van der Waals surface area contributed by atoms with Crippen LogP contribution in [-0.2, 0) is 0 Å². The van der Waals surface area contributed by atoms with Gasteiger partial charge in [0.2, 0.25) is 0 Å². The third-order valence-electron chi connectivity index (χ3n) is 4.61. The van der Waals surface area contributed by atoms with Crippen LogP contribution in [0.4, 0.5) is 0 Å². The second-order valence-corrected chi connectivity index (χ2v) is 7.27. The standard InChI is InChI=1S/C23H18Cl2N2O2/c1-28-19-12-7-16(13-20(19)29-2)22-21(14-3-8-17(24)9-4-14)26-23(27-22)15-5-10-18(25)11-6-15/h3-13H,1-2H3,(H,26,27). The van der Waals surface area contributed by atoms with Crippen LogP contribution in [0.1, 0.15) is 0 Å². The molecule has 146 valence electrons. The molecule has 0 fully saturated rings. The molecule has 0 radical (unpaired) electrons. The summed E-state index contributed by atoms with van der Waals surface area (Å²) in [6.07, 6.45) is 0. The number of H-pyrrole nitrogens is 1. The molecule has 3 aromatic carbocycles. The first kappa shape index (κ1) is 19.4. The third kappa shape index (κ3) is 3.95. The lowest BCUT2D eigenvalue weighted by molar-refractivity contribution is 0.355. The fraction of sp³-hybridized carbons (Fsp3) is 0.0870. The SMILES string of the molecule is COc1ccc(-c2nc(-c3ccc(Cl)cc3)[nH]c2-c2ccc(Cl)cc2)cc1OC. The van der Waals surface area contributed by atoms with E-state index < -0.39 is 0 Å². The van der Waals surface area contributed by atoms with Gasteiger partial charge in [-0.15, -0.1) is 0 Å². The second kappa shape index (κ2) is 8.19. The van der Waals surface area contributed by atoms with Crippen LogP contribution in [0, 0.1) is 0 Å². The molecule has 0 saturated heterocycles. The topological polar surface area (TPSA) is 47.1 Å². The maximum atomic E-state index is 6.08. The minimum absolute atomic E-state index is 0.642. The van der Waals surface area contributed by atoms with Crippen molar-refractivity contribution in [2.24, 2.45) is 0 Å². The van der Waals surface area contributed by atoms with Gasteiger partial charge in [-0.25, -0.2) is 4.98 Å². The van der Waals surface area contributed by atoms with Gasteiger partial charge in [-0.05, 0) is 54.6 Å². The summed E-state index contributed by atoms with van der Waals surface area (Å²) in [7, 11) is 3.23. The molecule has 6 heteroatoms. The summed E-state index contributed by atoms with van der Waals surface area (Å²) < 4.78 is 10.8. The van der Waals surface area contributed by atoms with Crippen LogP contribution in [0.25, 0.3) is 33.9 Å². The molecule has 0 atom stereocenters. The maximum Gasteiger partial charge on any atom is 0.161 e. The van der Waals surface area contributed by atoms with Crippen molar-refractivity contribution in [1.29, 1.82) is 0 Å². The largest absolute Gasteiger partial charge is 0.493 e. The van der Waals surface area contributed by atoms with Gasteiger partial charge in [0.25, 0.3) is 0 Å². The Morgan fingerprint density at radius 3 is 1.83 bits per heavy atom. The van der Waals surface area contributed by atoms with E-state index in [4.69, 9.17) is 37.7 Å². The van der Waals surface area contributed by atoms with Gasteiger partial charge in [-0.3, -0.25) is 0 Å². The maximum absolute atomic E-state index is 6.08. The molecule has 4 rings (SSSR count). The van der Waals surface area contributed by atoms with Crippen LogP contribution < -0.4 is 9.47 Å². The van der Waals surface area contributed by atoms with Gasteiger partial charge in [-0.2, -0.15) is 0 Å². The van der Waals surface area contributed by atoms with Crippen LogP contribution in [0.2, 0.25) is 10.0 Å². The zero-order chi connectivity index (χ0) is 20.4. The number of ether oxygens (including phenoxy) is 2. The highest BCUT2D eigenvalue weighted by Crippen LogP contribution is 2.37. The quantitative estimate of drug-likeness (QED) is 0.386. The van der Waals surface area contributed by atoms with Crippen LogP contribution in [0.3, 0.4) is 0 Å². The fourth-order valence-electron chi connectivity index (χ4n) is 3.14. The van der Waals surface area contributed by atoms with E-state index in [-0.39, 0.29) is 0 Å². The number of hydrogen-bond donors (Lipinski definition) is 1. The van der Waals surface area contributed by atoms with Gasteiger partial charge in [0.1, 0.15) is 5.82 Å². The first-order valence-corrected chi connectivity index (χ1v) is 9.69. The molecule has 1 N–H and O–H groups in total.